The van der Waals surface area contributed by atoms with E-state index in [1.54, 1.807) is 0 Å². The lowest BCUT2D eigenvalue weighted by Gasteiger charge is -2.61. The predicted molar refractivity (Wildman–Crippen MR) is 118 cm³/mol. The number of aliphatic hydroxyl groups excluding tert-OH is 2. The number of ether oxygens (including phenoxy) is 1. The zero-order chi connectivity index (χ0) is 21.8. The minimum Gasteiger partial charge on any atom is -0.390 e. The number of rotatable bonds is 1. The Bertz CT molecular complexity index is 863. The molecule has 4 heteroatoms. The van der Waals surface area contributed by atoms with Crippen LogP contribution in [0.15, 0.2) is 11.6 Å². The summed E-state index contributed by atoms with van der Waals surface area (Å²) in [5, 5.41) is 31.7. The van der Waals surface area contributed by atoms with Crippen LogP contribution in [0.25, 0.3) is 0 Å². The van der Waals surface area contributed by atoms with E-state index in [1.165, 1.54) is 31.3 Å². The summed E-state index contributed by atoms with van der Waals surface area (Å²) in [7, 11) is 0. The van der Waals surface area contributed by atoms with Gasteiger partial charge >= 0.3 is 0 Å². The quantitative estimate of drug-likeness (QED) is 0.595. The maximum Gasteiger partial charge on any atom is 0.0877 e. The van der Waals surface area contributed by atoms with E-state index in [1.807, 2.05) is 0 Å². The zero-order valence-corrected chi connectivity index (χ0v) is 19.4. The molecular weight excluding hydrogens is 386 g/mol. The lowest BCUT2D eigenvalue weighted by Crippen LogP contribution is -2.57. The van der Waals surface area contributed by atoms with Crippen LogP contribution in [0.4, 0.5) is 0 Å². The number of nitriles is 1. The van der Waals surface area contributed by atoms with Crippen molar-refractivity contribution in [3.05, 3.63) is 11.6 Å². The number of fused-ring (bicyclic) bond motifs is 4. The number of allylic oxidation sites excluding steroid dienone is 1. The number of aliphatic hydroxyl groups is 2. The highest BCUT2D eigenvalue weighted by molar-refractivity contribution is 5.36. The normalized spacial score (nSPS) is 60.8. The van der Waals surface area contributed by atoms with E-state index in [2.05, 4.69) is 32.9 Å². The summed E-state index contributed by atoms with van der Waals surface area (Å²) in [4.78, 5) is 0. The lowest BCUT2D eigenvalue weighted by molar-refractivity contribution is -0.159. The summed E-state index contributed by atoms with van der Waals surface area (Å²) in [5.74, 6) is 1.50. The molecule has 5 aliphatic carbocycles. The summed E-state index contributed by atoms with van der Waals surface area (Å²) >= 11 is 0. The van der Waals surface area contributed by atoms with Gasteiger partial charge in [-0.05, 0) is 104 Å². The summed E-state index contributed by atoms with van der Waals surface area (Å²) in [6.45, 7) is 6.98. The largest absolute Gasteiger partial charge is 0.390 e. The minimum absolute atomic E-state index is 0.0118. The van der Waals surface area contributed by atoms with E-state index in [0.29, 0.717) is 35.0 Å². The molecule has 1 aliphatic heterocycles. The van der Waals surface area contributed by atoms with Crippen LogP contribution in [0.1, 0.15) is 85.0 Å². The van der Waals surface area contributed by atoms with Crippen molar-refractivity contribution in [2.75, 3.05) is 0 Å². The molecule has 4 nitrogen and oxygen atoms in total. The van der Waals surface area contributed by atoms with Crippen LogP contribution in [0, 0.1) is 50.7 Å². The second-order valence-electron chi connectivity index (χ2n) is 12.4. The van der Waals surface area contributed by atoms with Crippen molar-refractivity contribution in [2.45, 2.75) is 109 Å². The van der Waals surface area contributed by atoms with Crippen LogP contribution >= 0.6 is 0 Å². The Balaban J connectivity index is 1.37. The van der Waals surface area contributed by atoms with Crippen LogP contribution in [0.2, 0.25) is 0 Å². The van der Waals surface area contributed by atoms with Gasteiger partial charge in [-0.1, -0.05) is 19.9 Å². The maximum atomic E-state index is 11.9. The van der Waals surface area contributed by atoms with Crippen LogP contribution in [0.5, 0.6) is 0 Å². The van der Waals surface area contributed by atoms with E-state index in [-0.39, 0.29) is 29.1 Å². The molecule has 1 saturated heterocycles. The Kier molecular flexibility index (Phi) is 4.25. The molecule has 170 valence electrons. The second kappa shape index (κ2) is 6.37. The Morgan fingerprint density at radius 1 is 1.06 bits per heavy atom. The van der Waals surface area contributed by atoms with Crippen LogP contribution in [-0.2, 0) is 4.74 Å². The Hall–Kier alpha value is -0.890. The summed E-state index contributed by atoms with van der Waals surface area (Å²) in [6.07, 6.45) is 12.0. The first-order valence-corrected chi connectivity index (χ1v) is 12.8. The van der Waals surface area contributed by atoms with Gasteiger partial charge in [-0.25, -0.2) is 0 Å². The van der Waals surface area contributed by atoms with Crippen LogP contribution in [-0.4, -0.2) is 34.6 Å². The molecule has 5 saturated carbocycles. The molecule has 6 rings (SSSR count). The third-order valence-corrected chi connectivity index (χ3v) is 12.2. The monoisotopic (exact) mass is 425 g/mol. The molecule has 2 N–H and O–H groups in total. The lowest BCUT2D eigenvalue weighted by atomic mass is 9.43. The molecular formula is C27H39NO3. The smallest absolute Gasteiger partial charge is 0.0877 e. The number of hydrogen-bond acceptors (Lipinski definition) is 4. The van der Waals surface area contributed by atoms with Crippen molar-refractivity contribution in [2.24, 2.45) is 39.4 Å². The fourth-order valence-corrected chi connectivity index (χ4v) is 10.7. The zero-order valence-electron chi connectivity index (χ0n) is 19.4. The topological polar surface area (TPSA) is 73.5 Å². The van der Waals surface area contributed by atoms with Gasteiger partial charge in [0.25, 0.3) is 0 Å². The van der Waals surface area contributed by atoms with E-state index in [4.69, 9.17) is 4.74 Å². The molecule has 1 heterocycles. The van der Waals surface area contributed by atoms with Gasteiger partial charge in [0.1, 0.15) is 0 Å². The van der Waals surface area contributed by atoms with E-state index < -0.39 is 6.10 Å². The van der Waals surface area contributed by atoms with Gasteiger partial charge < -0.3 is 14.9 Å². The van der Waals surface area contributed by atoms with Crippen LogP contribution < -0.4 is 0 Å². The highest BCUT2D eigenvalue weighted by Crippen LogP contribution is 2.88. The van der Waals surface area contributed by atoms with Crippen molar-refractivity contribution in [3.63, 3.8) is 0 Å². The molecule has 0 aromatic rings. The molecule has 0 aromatic carbocycles. The molecule has 11 atom stereocenters. The van der Waals surface area contributed by atoms with Gasteiger partial charge in [-0.15, -0.1) is 0 Å². The van der Waals surface area contributed by atoms with Crippen molar-refractivity contribution in [3.8, 4) is 6.07 Å². The molecule has 0 aromatic heterocycles. The highest BCUT2D eigenvalue weighted by atomic mass is 16.5. The minimum atomic E-state index is -0.435. The molecule has 0 radical (unpaired) electrons. The average Bonchev–Trinajstić information content (AvgIpc) is 3.40. The fraction of sp³-hybridized carbons (Fsp3) is 0.889. The summed E-state index contributed by atoms with van der Waals surface area (Å²) < 4.78 is 6.45. The maximum absolute atomic E-state index is 11.9. The first-order valence-electron chi connectivity index (χ1n) is 12.8. The van der Waals surface area contributed by atoms with Gasteiger partial charge in [0.05, 0.1) is 36.9 Å². The first-order chi connectivity index (χ1) is 14.8. The van der Waals surface area contributed by atoms with Gasteiger partial charge in [0.2, 0.25) is 0 Å². The summed E-state index contributed by atoms with van der Waals surface area (Å²) in [6, 6.07) is 2.28. The Labute approximate surface area is 187 Å². The van der Waals surface area contributed by atoms with E-state index in [0.717, 1.165) is 32.1 Å². The van der Waals surface area contributed by atoms with Crippen molar-refractivity contribution in [1.29, 1.82) is 5.26 Å². The third-order valence-electron chi connectivity index (χ3n) is 12.2. The van der Waals surface area contributed by atoms with Gasteiger partial charge in [0.15, 0.2) is 0 Å². The molecule has 6 aliphatic rings. The number of hydrogen-bond donors (Lipinski definition) is 2. The van der Waals surface area contributed by atoms with E-state index >= 15 is 0 Å². The fourth-order valence-electron chi connectivity index (χ4n) is 10.7. The highest BCUT2D eigenvalue weighted by Gasteiger charge is 2.83. The average molecular weight is 426 g/mol. The third kappa shape index (κ3) is 2.18. The standard InChI is InChI=1S/C27H39NO3/c1-4-17-18-7-8-21-25(3)23(30)22-19(6-5-16(31-22)10-14-28)24(25,2)12-13-27(21)15-26(18,27)11-9-20(17)29/h4,16,18-23,29-30H,5-13,15H2,1-3H3/b17-4-/t16?,18-,19-,20?,21?,22?,23-,24?,25+,26?,27?/m0/s1. The molecule has 0 amide bonds. The molecule has 31 heavy (non-hydrogen) atoms. The molecule has 7 unspecified atom stereocenters. The summed E-state index contributed by atoms with van der Waals surface area (Å²) in [5.41, 5.74) is 2.00. The van der Waals surface area contributed by atoms with Gasteiger partial charge in [-0.3, -0.25) is 0 Å². The predicted octanol–water partition coefficient (Wildman–Crippen LogP) is 4.75. The molecule has 6 fully saturated rings. The van der Waals surface area contributed by atoms with E-state index in [9.17, 15) is 15.5 Å². The van der Waals surface area contributed by atoms with Crippen molar-refractivity contribution in [1.82, 2.24) is 0 Å². The SMILES string of the molecule is C/C=C1\C(O)CCC23CC24CCC2(C)[C@H]5CCC(CC#N)OC5[C@H](O)[C@@]2(C)C4CC[C@@H]13. The first kappa shape index (κ1) is 20.7. The van der Waals surface area contributed by atoms with Gasteiger partial charge in [0, 0.05) is 5.41 Å². The second-order valence-corrected chi connectivity index (χ2v) is 12.4. The molecule has 2 spiro atoms. The van der Waals surface area contributed by atoms with Gasteiger partial charge in [-0.2, -0.15) is 5.26 Å². The Morgan fingerprint density at radius 3 is 2.61 bits per heavy atom. The van der Waals surface area contributed by atoms with Crippen molar-refractivity contribution < 1.29 is 14.9 Å². The molecule has 0 bridgehead atoms. The van der Waals surface area contributed by atoms with Crippen LogP contribution in [0.3, 0.4) is 0 Å². The van der Waals surface area contributed by atoms with Crippen molar-refractivity contribution >= 4 is 0 Å². The number of nitrogens with zero attached hydrogens (tertiary/aromatic N) is 1. The Morgan fingerprint density at radius 2 is 1.87 bits per heavy atom.